The molecular weight excluding hydrogens is 303 g/mol. The highest BCUT2D eigenvalue weighted by atomic mass is 31.2. The van der Waals surface area contributed by atoms with Crippen molar-refractivity contribution >= 4 is 13.8 Å². The van der Waals surface area contributed by atoms with E-state index in [1.165, 1.54) is 18.2 Å². The topological polar surface area (TPSA) is 134 Å². The van der Waals surface area contributed by atoms with E-state index in [9.17, 15) is 14.5 Å². The predicted molar refractivity (Wildman–Crippen MR) is 72.0 cm³/mol. The number of rotatable bonds is 7. The molecule has 120 valence electrons. The SMILES string of the molecule is C[C@@H](CO)[C@H](C/C=C/[C@@H]1OC(=O)C=C[C@@H]1O)OP(=O)(O)O. The van der Waals surface area contributed by atoms with Gasteiger partial charge in [-0.05, 0) is 18.6 Å². The van der Waals surface area contributed by atoms with Crippen LogP contribution in [0.15, 0.2) is 24.3 Å². The average molecular weight is 322 g/mol. The van der Waals surface area contributed by atoms with Crippen molar-refractivity contribution in [1.82, 2.24) is 0 Å². The highest BCUT2D eigenvalue weighted by Crippen LogP contribution is 2.40. The van der Waals surface area contributed by atoms with Gasteiger partial charge in [-0.2, -0.15) is 0 Å². The fraction of sp³-hybridized carbons (Fsp3) is 0.583. The summed E-state index contributed by atoms with van der Waals surface area (Å²) in [7, 11) is -4.67. The lowest BCUT2D eigenvalue weighted by atomic mass is 10.0. The summed E-state index contributed by atoms with van der Waals surface area (Å²) in [6, 6.07) is 0. The van der Waals surface area contributed by atoms with Gasteiger partial charge in [-0.15, -0.1) is 0 Å². The van der Waals surface area contributed by atoms with Crippen LogP contribution < -0.4 is 0 Å². The summed E-state index contributed by atoms with van der Waals surface area (Å²) in [6.45, 7) is 1.27. The quantitative estimate of drug-likeness (QED) is 0.290. The molecule has 0 saturated carbocycles. The van der Waals surface area contributed by atoms with Crippen LogP contribution in [0.4, 0.5) is 0 Å². The predicted octanol–water partition coefficient (Wildman–Crippen LogP) is -0.119. The Labute approximate surface area is 121 Å². The maximum atomic E-state index is 11.0. The minimum atomic E-state index is -4.67. The van der Waals surface area contributed by atoms with Gasteiger partial charge in [0.2, 0.25) is 0 Å². The minimum Gasteiger partial charge on any atom is -0.452 e. The van der Waals surface area contributed by atoms with E-state index >= 15 is 0 Å². The number of aliphatic hydroxyl groups is 2. The molecule has 0 bridgehead atoms. The van der Waals surface area contributed by atoms with E-state index in [0.717, 1.165) is 6.08 Å². The molecule has 0 aliphatic carbocycles. The molecule has 0 saturated heterocycles. The van der Waals surface area contributed by atoms with Gasteiger partial charge in [0.05, 0.1) is 6.10 Å². The zero-order valence-electron chi connectivity index (χ0n) is 11.4. The van der Waals surface area contributed by atoms with Gasteiger partial charge in [0.15, 0.2) is 0 Å². The van der Waals surface area contributed by atoms with E-state index in [1.807, 2.05) is 0 Å². The Morgan fingerprint density at radius 2 is 2.19 bits per heavy atom. The Morgan fingerprint density at radius 3 is 2.76 bits per heavy atom. The summed E-state index contributed by atoms with van der Waals surface area (Å²) >= 11 is 0. The van der Waals surface area contributed by atoms with Crippen LogP contribution in [0.2, 0.25) is 0 Å². The van der Waals surface area contributed by atoms with E-state index < -0.39 is 38.0 Å². The Hall–Kier alpha value is -1.02. The van der Waals surface area contributed by atoms with Gasteiger partial charge in [0.1, 0.15) is 12.2 Å². The van der Waals surface area contributed by atoms with Gasteiger partial charge in [-0.1, -0.05) is 13.0 Å². The van der Waals surface area contributed by atoms with Crippen molar-refractivity contribution in [3.05, 3.63) is 24.3 Å². The van der Waals surface area contributed by atoms with Crippen molar-refractivity contribution in [2.75, 3.05) is 6.61 Å². The molecule has 1 aliphatic rings. The summed E-state index contributed by atoms with van der Waals surface area (Å²) < 4.78 is 20.3. The number of phosphoric acid groups is 1. The molecule has 0 aromatic carbocycles. The molecule has 4 N–H and O–H groups in total. The van der Waals surface area contributed by atoms with E-state index in [2.05, 4.69) is 4.52 Å². The highest BCUT2D eigenvalue weighted by Gasteiger charge is 2.26. The summed E-state index contributed by atoms with van der Waals surface area (Å²) in [5.41, 5.74) is 0. The van der Waals surface area contributed by atoms with E-state index in [1.54, 1.807) is 6.92 Å². The van der Waals surface area contributed by atoms with Gasteiger partial charge in [-0.25, -0.2) is 9.36 Å². The molecule has 8 nitrogen and oxygen atoms in total. The number of ether oxygens (including phenoxy) is 1. The third kappa shape index (κ3) is 6.52. The maximum Gasteiger partial charge on any atom is 0.469 e. The smallest absolute Gasteiger partial charge is 0.452 e. The first-order chi connectivity index (χ1) is 9.73. The molecular formula is C12H19O8P. The first-order valence-corrected chi connectivity index (χ1v) is 7.84. The Bertz CT molecular complexity index is 454. The summed E-state index contributed by atoms with van der Waals surface area (Å²) in [5, 5.41) is 18.6. The number of hydrogen-bond acceptors (Lipinski definition) is 6. The van der Waals surface area contributed by atoms with Gasteiger partial charge in [0.25, 0.3) is 0 Å². The third-order valence-electron chi connectivity index (χ3n) is 2.91. The first kappa shape index (κ1) is 18.0. The fourth-order valence-electron chi connectivity index (χ4n) is 1.70. The highest BCUT2D eigenvalue weighted by molar-refractivity contribution is 7.46. The van der Waals surface area contributed by atoms with E-state index in [0.29, 0.717) is 0 Å². The molecule has 0 fully saturated rings. The van der Waals surface area contributed by atoms with Gasteiger partial charge >= 0.3 is 13.8 Å². The van der Waals surface area contributed by atoms with Crippen LogP contribution in [0.25, 0.3) is 0 Å². The molecule has 0 aromatic rings. The second-order valence-electron chi connectivity index (χ2n) is 4.71. The molecule has 0 unspecified atom stereocenters. The molecule has 0 radical (unpaired) electrons. The van der Waals surface area contributed by atoms with Crippen LogP contribution >= 0.6 is 7.82 Å². The Kier molecular flexibility index (Phi) is 6.73. The zero-order valence-corrected chi connectivity index (χ0v) is 12.3. The number of cyclic esters (lactones) is 1. The number of aliphatic hydroxyl groups excluding tert-OH is 2. The summed E-state index contributed by atoms with van der Waals surface area (Å²) in [6.07, 6.45) is 2.64. The average Bonchev–Trinajstić information content (AvgIpc) is 2.39. The fourth-order valence-corrected chi connectivity index (χ4v) is 2.35. The van der Waals surface area contributed by atoms with E-state index in [-0.39, 0.29) is 13.0 Å². The van der Waals surface area contributed by atoms with Gasteiger partial charge in [0, 0.05) is 18.6 Å². The normalized spacial score (nSPS) is 25.9. The van der Waals surface area contributed by atoms with Crippen molar-refractivity contribution in [3.63, 3.8) is 0 Å². The van der Waals surface area contributed by atoms with Crippen LogP contribution in [-0.4, -0.2) is 50.9 Å². The molecule has 1 heterocycles. The van der Waals surface area contributed by atoms with Crippen molar-refractivity contribution < 1.29 is 38.6 Å². The summed E-state index contributed by atoms with van der Waals surface area (Å²) in [4.78, 5) is 28.7. The molecule has 4 atom stereocenters. The molecule has 1 aliphatic heterocycles. The third-order valence-corrected chi connectivity index (χ3v) is 3.45. The lowest BCUT2D eigenvalue weighted by Gasteiger charge is -2.23. The van der Waals surface area contributed by atoms with Crippen molar-refractivity contribution in [2.45, 2.75) is 31.7 Å². The number of phosphoric ester groups is 1. The van der Waals surface area contributed by atoms with Gasteiger partial charge in [-0.3, -0.25) is 4.52 Å². The number of esters is 1. The second-order valence-corrected chi connectivity index (χ2v) is 5.90. The lowest BCUT2D eigenvalue weighted by molar-refractivity contribution is -0.146. The van der Waals surface area contributed by atoms with Crippen molar-refractivity contribution in [2.24, 2.45) is 5.92 Å². The second kappa shape index (κ2) is 7.84. The van der Waals surface area contributed by atoms with Crippen molar-refractivity contribution in [3.8, 4) is 0 Å². The maximum absolute atomic E-state index is 11.0. The Balaban J connectivity index is 2.63. The van der Waals surface area contributed by atoms with Gasteiger partial charge < -0.3 is 24.7 Å². The lowest BCUT2D eigenvalue weighted by Crippen LogP contribution is -2.31. The minimum absolute atomic E-state index is 0.0807. The molecule has 21 heavy (non-hydrogen) atoms. The zero-order chi connectivity index (χ0) is 16.0. The first-order valence-electron chi connectivity index (χ1n) is 6.31. The molecule has 1 rings (SSSR count). The largest absolute Gasteiger partial charge is 0.469 e. The van der Waals surface area contributed by atoms with E-state index in [4.69, 9.17) is 19.6 Å². The molecule has 0 amide bonds. The van der Waals surface area contributed by atoms with Crippen LogP contribution in [-0.2, 0) is 18.6 Å². The number of carbonyl (C=O) groups excluding carboxylic acids is 1. The Morgan fingerprint density at radius 1 is 1.52 bits per heavy atom. The van der Waals surface area contributed by atoms with Crippen LogP contribution in [0.1, 0.15) is 13.3 Å². The number of hydrogen-bond donors (Lipinski definition) is 4. The van der Waals surface area contributed by atoms with Crippen molar-refractivity contribution in [1.29, 1.82) is 0 Å². The van der Waals surface area contributed by atoms with Crippen LogP contribution in [0, 0.1) is 5.92 Å². The van der Waals surface area contributed by atoms with Crippen LogP contribution in [0.3, 0.4) is 0 Å². The standard InChI is InChI=1S/C12H19O8P/c1-8(7-13)10(20-21(16,17)18)3-2-4-11-9(14)5-6-12(15)19-11/h2,4-6,8-11,13-14H,3,7H2,1H3,(H2,16,17,18)/b4-2+/t8-,9-,10-,11-/m0/s1. The number of carbonyl (C=O) groups is 1. The molecule has 0 spiro atoms. The summed E-state index contributed by atoms with van der Waals surface area (Å²) in [5.74, 6) is -1.08. The molecule has 0 aromatic heterocycles. The van der Waals surface area contributed by atoms with Crippen LogP contribution in [0.5, 0.6) is 0 Å². The monoisotopic (exact) mass is 322 g/mol. The molecule has 9 heteroatoms.